The Morgan fingerprint density at radius 1 is 1.26 bits per heavy atom. The maximum Gasteiger partial charge on any atom is 0.466 e. The molecule has 0 bridgehead atoms. The van der Waals surface area contributed by atoms with E-state index in [1.54, 1.807) is 12.1 Å². The van der Waals surface area contributed by atoms with Crippen molar-refractivity contribution in [1.29, 1.82) is 0 Å². The zero-order valence-corrected chi connectivity index (χ0v) is 17.9. The van der Waals surface area contributed by atoms with Crippen LogP contribution >= 0.6 is 7.82 Å². The number of aromatic nitrogens is 5. The van der Waals surface area contributed by atoms with E-state index in [4.69, 9.17) is 29.1 Å². The Hall–Kier alpha value is -3.62. The second kappa shape index (κ2) is 10.1. The largest absolute Gasteiger partial charge is 0.466 e. The van der Waals surface area contributed by atoms with Gasteiger partial charge in [0, 0.05) is 23.5 Å². The monoisotopic (exact) mass is 498 g/mol. The van der Waals surface area contributed by atoms with E-state index in [0.29, 0.717) is 17.1 Å². The quantitative estimate of drug-likeness (QED) is 0.372. The SMILES string of the molecule is C=Cn1nnc(-c2ccc(-c3ccc(N4C[C@H](C(O)F)OC4=O)cc3F)cn2)n1.O=P(O)(O)O. The van der Waals surface area contributed by atoms with Crippen molar-refractivity contribution >= 4 is 25.8 Å². The first kappa shape index (κ1) is 25.0. The summed E-state index contributed by atoms with van der Waals surface area (Å²) in [5, 5.41) is 20.6. The number of ether oxygens (including phenoxy) is 1. The molecule has 0 aliphatic carbocycles. The van der Waals surface area contributed by atoms with Gasteiger partial charge in [-0.25, -0.2) is 18.1 Å². The molecule has 180 valence electrons. The fourth-order valence-corrected chi connectivity index (χ4v) is 2.84. The smallest absolute Gasteiger partial charge is 0.438 e. The van der Waals surface area contributed by atoms with Crippen LogP contribution < -0.4 is 4.90 Å². The molecule has 1 amide bonds. The lowest BCUT2D eigenvalue weighted by atomic mass is 10.1. The lowest BCUT2D eigenvalue weighted by molar-refractivity contribution is -0.0503. The fraction of sp³-hybridized carbons (Fsp3) is 0.167. The first-order chi connectivity index (χ1) is 16.0. The highest BCUT2D eigenvalue weighted by Crippen LogP contribution is 2.30. The normalized spacial score (nSPS) is 16.5. The molecule has 1 aromatic carbocycles. The molecule has 34 heavy (non-hydrogen) atoms. The van der Waals surface area contributed by atoms with Crippen LogP contribution in [0.3, 0.4) is 0 Å². The third kappa shape index (κ3) is 6.24. The lowest BCUT2D eigenvalue weighted by Gasteiger charge is -2.14. The number of pyridine rings is 1. The third-order valence-corrected chi connectivity index (χ3v) is 4.30. The van der Waals surface area contributed by atoms with Crippen molar-refractivity contribution < 1.29 is 42.7 Å². The second-order valence-electron chi connectivity index (χ2n) is 6.63. The highest BCUT2D eigenvalue weighted by Gasteiger charge is 2.37. The zero-order chi connectivity index (χ0) is 25.0. The first-order valence-electron chi connectivity index (χ1n) is 9.23. The van der Waals surface area contributed by atoms with Crippen LogP contribution in [0.25, 0.3) is 28.8 Å². The highest BCUT2D eigenvalue weighted by atomic mass is 31.2. The molecule has 4 N–H and O–H groups in total. The van der Waals surface area contributed by atoms with E-state index in [2.05, 4.69) is 27.0 Å². The fourth-order valence-electron chi connectivity index (χ4n) is 2.84. The van der Waals surface area contributed by atoms with E-state index in [1.807, 2.05) is 0 Å². The van der Waals surface area contributed by atoms with Gasteiger partial charge in [0.2, 0.25) is 12.2 Å². The van der Waals surface area contributed by atoms with E-state index < -0.39 is 32.2 Å². The molecule has 1 aliphatic rings. The van der Waals surface area contributed by atoms with Crippen LogP contribution in [0.1, 0.15) is 0 Å². The average molecular weight is 498 g/mol. The number of nitrogens with zero attached hydrogens (tertiary/aromatic N) is 6. The molecule has 3 aromatic rings. The number of anilines is 1. The number of cyclic esters (lactones) is 1. The van der Waals surface area contributed by atoms with Crippen molar-refractivity contribution in [1.82, 2.24) is 25.2 Å². The number of tetrazole rings is 1. The molecule has 3 heterocycles. The van der Waals surface area contributed by atoms with E-state index >= 15 is 0 Å². The van der Waals surface area contributed by atoms with Gasteiger partial charge in [0.15, 0.2) is 6.10 Å². The van der Waals surface area contributed by atoms with Gasteiger partial charge in [0.1, 0.15) is 11.5 Å². The van der Waals surface area contributed by atoms with Crippen LogP contribution in [-0.2, 0) is 9.30 Å². The van der Waals surface area contributed by atoms with Crippen molar-refractivity contribution in [2.24, 2.45) is 0 Å². The third-order valence-electron chi connectivity index (χ3n) is 4.30. The number of hydrogen-bond acceptors (Lipinski definition) is 8. The Morgan fingerprint density at radius 2 is 1.97 bits per heavy atom. The number of phosphoric acid groups is 1. The van der Waals surface area contributed by atoms with Crippen molar-refractivity contribution in [2.45, 2.75) is 12.5 Å². The van der Waals surface area contributed by atoms with Crippen LogP contribution in [0.2, 0.25) is 0 Å². The number of aliphatic hydroxyl groups is 1. The zero-order valence-electron chi connectivity index (χ0n) is 17.0. The molecule has 16 heteroatoms. The predicted octanol–water partition coefficient (Wildman–Crippen LogP) is 1.33. The highest BCUT2D eigenvalue weighted by molar-refractivity contribution is 7.45. The Kier molecular flexibility index (Phi) is 7.44. The Labute approximate surface area is 189 Å². The summed E-state index contributed by atoms with van der Waals surface area (Å²) >= 11 is 0. The summed E-state index contributed by atoms with van der Waals surface area (Å²) in [6.45, 7) is 3.31. The summed E-state index contributed by atoms with van der Waals surface area (Å²) in [7, 11) is -4.64. The van der Waals surface area contributed by atoms with E-state index in [0.717, 1.165) is 11.0 Å². The molecular weight excluding hydrogens is 481 g/mol. The van der Waals surface area contributed by atoms with Crippen LogP contribution in [0.4, 0.5) is 19.3 Å². The predicted molar refractivity (Wildman–Crippen MR) is 112 cm³/mol. The van der Waals surface area contributed by atoms with Gasteiger partial charge in [0.25, 0.3) is 0 Å². The van der Waals surface area contributed by atoms with Crippen LogP contribution in [0, 0.1) is 5.82 Å². The van der Waals surface area contributed by atoms with Crippen molar-refractivity contribution in [3.63, 3.8) is 0 Å². The van der Waals surface area contributed by atoms with Crippen LogP contribution in [0.15, 0.2) is 43.1 Å². The molecule has 1 unspecified atom stereocenters. The molecule has 1 fully saturated rings. The molecule has 0 radical (unpaired) electrons. The first-order valence-corrected chi connectivity index (χ1v) is 10.8. The van der Waals surface area contributed by atoms with Gasteiger partial charge in [-0.3, -0.25) is 9.88 Å². The number of rotatable bonds is 5. The van der Waals surface area contributed by atoms with Gasteiger partial charge in [0.05, 0.1) is 12.2 Å². The topological polar surface area (TPSA) is 184 Å². The number of carbonyl (C=O) groups is 1. The molecule has 2 aromatic heterocycles. The number of aliphatic hydroxyl groups excluding tert-OH is 1. The minimum atomic E-state index is -4.64. The number of halogens is 2. The van der Waals surface area contributed by atoms with Crippen LogP contribution in [-0.4, -0.2) is 70.1 Å². The van der Waals surface area contributed by atoms with Crippen molar-refractivity contribution in [3.05, 3.63) is 48.9 Å². The summed E-state index contributed by atoms with van der Waals surface area (Å²) < 4.78 is 41.2. The number of carbonyl (C=O) groups excluding carboxylic acids is 1. The second-order valence-corrected chi connectivity index (χ2v) is 7.66. The Balaban J connectivity index is 0.000000588. The number of amides is 1. The summed E-state index contributed by atoms with van der Waals surface area (Å²) in [5.74, 6) is -0.311. The summed E-state index contributed by atoms with van der Waals surface area (Å²) in [5.41, 5.74) is 1.39. The average Bonchev–Trinajstić information content (AvgIpc) is 3.39. The lowest BCUT2D eigenvalue weighted by Crippen LogP contribution is -2.28. The van der Waals surface area contributed by atoms with Crippen molar-refractivity contribution in [3.8, 4) is 22.6 Å². The van der Waals surface area contributed by atoms with Crippen molar-refractivity contribution in [2.75, 3.05) is 11.4 Å². The molecule has 0 saturated carbocycles. The Bertz CT molecular complexity index is 1230. The molecule has 13 nitrogen and oxygen atoms in total. The van der Waals surface area contributed by atoms with Gasteiger partial charge in [-0.2, -0.15) is 0 Å². The number of alkyl halides is 1. The molecule has 1 aliphatic heterocycles. The molecule has 2 atom stereocenters. The molecule has 1 saturated heterocycles. The molecule has 4 rings (SSSR count). The number of benzene rings is 1. The van der Waals surface area contributed by atoms with Gasteiger partial charge in [-0.05, 0) is 29.5 Å². The minimum Gasteiger partial charge on any atom is -0.438 e. The number of hydrogen-bond donors (Lipinski definition) is 4. The molecule has 0 spiro atoms. The summed E-state index contributed by atoms with van der Waals surface area (Å²) in [6.07, 6.45) is -1.63. The summed E-state index contributed by atoms with van der Waals surface area (Å²) in [4.78, 5) is 39.9. The van der Waals surface area contributed by atoms with Gasteiger partial charge >= 0.3 is 13.9 Å². The molecular formula is C18H17F2N6O7P. The Morgan fingerprint density at radius 3 is 2.47 bits per heavy atom. The summed E-state index contributed by atoms with van der Waals surface area (Å²) in [6, 6.07) is 7.37. The van der Waals surface area contributed by atoms with E-state index in [-0.39, 0.29) is 17.8 Å². The van der Waals surface area contributed by atoms with E-state index in [9.17, 15) is 13.6 Å². The maximum atomic E-state index is 14.7. The van der Waals surface area contributed by atoms with Gasteiger partial charge in [-0.1, -0.05) is 12.6 Å². The standard InChI is InChI=1S/C18H14F2N6O3.H3O4P/c1-2-26-23-17(22-24-26)14-6-3-10(8-21-14)12-5-4-11(7-13(12)19)25-9-15(16(20)27)29-18(25)28;1-5(2,3)4/h2-8,15-16,27H,1,9H2;(H3,1,2,3,4)/t15-,16?;/m1./s1. The van der Waals surface area contributed by atoms with E-state index in [1.165, 1.54) is 29.3 Å². The van der Waals surface area contributed by atoms with Gasteiger partial charge in [-0.15, -0.1) is 15.0 Å². The van der Waals surface area contributed by atoms with Crippen LogP contribution in [0.5, 0.6) is 0 Å². The minimum absolute atomic E-state index is 0.189. The maximum absolute atomic E-state index is 14.7. The van der Waals surface area contributed by atoms with Gasteiger partial charge < -0.3 is 24.5 Å².